The van der Waals surface area contributed by atoms with Crippen LogP contribution in [0.15, 0.2) is 47.4 Å². The number of hydrogen-bond donors (Lipinski definition) is 1. The van der Waals surface area contributed by atoms with Gasteiger partial charge < -0.3 is 10.1 Å². The van der Waals surface area contributed by atoms with Gasteiger partial charge in [-0.25, -0.2) is 8.42 Å². The molecule has 0 radical (unpaired) electrons. The highest BCUT2D eigenvalue weighted by molar-refractivity contribution is 7.89. The first-order chi connectivity index (χ1) is 14.2. The van der Waals surface area contributed by atoms with E-state index in [2.05, 4.69) is 5.32 Å². The smallest absolute Gasteiger partial charge is 0.243 e. The van der Waals surface area contributed by atoms with Crippen LogP contribution in [0.25, 0.3) is 0 Å². The van der Waals surface area contributed by atoms with Crippen molar-refractivity contribution in [3.63, 3.8) is 0 Å². The van der Waals surface area contributed by atoms with Crippen LogP contribution in [0.3, 0.4) is 0 Å². The molecule has 0 aromatic heterocycles. The molecular formula is C22H27ClN2O4S. The summed E-state index contributed by atoms with van der Waals surface area (Å²) in [6.07, 6.45) is 1.30. The zero-order valence-corrected chi connectivity index (χ0v) is 19.0. The van der Waals surface area contributed by atoms with Gasteiger partial charge >= 0.3 is 0 Å². The van der Waals surface area contributed by atoms with Crippen molar-refractivity contribution in [2.24, 2.45) is 5.92 Å². The Morgan fingerprint density at radius 3 is 2.57 bits per heavy atom. The minimum atomic E-state index is -3.68. The quantitative estimate of drug-likeness (QED) is 0.723. The van der Waals surface area contributed by atoms with E-state index in [0.29, 0.717) is 30.2 Å². The first-order valence-corrected chi connectivity index (χ1v) is 11.7. The van der Waals surface area contributed by atoms with E-state index in [4.69, 9.17) is 16.3 Å². The van der Waals surface area contributed by atoms with Crippen LogP contribution in [0.5, 0.6) is 5.75 Å². The van der Waals surface area contributed by atoms with Crippen LogP contribution in [-0.4, -0.2) is 38.8 Å². The molecule has 3 rings (SSSR count). The maximum absolute atomic E-state index is 13.1. The first kappa shape index (κ1) is 22.6. The largest absolute Gasteiger partial charge is 0.496 e. The number of amides is 1. The van der Waals surface area contributed by atoms with Crippen molar-refractivity contribution in [2.75, 3.05) is 20.2 Å². The molecular weight excluding hydrogens is 424 g/mol. The van der Waals surface area contributed by atoms with Crippen LogP contribution < -0.4 is 10.1 Å². The second-order valence-corrected chi connectivity index (χ2v) is 9.99. The topological polar surface area (TPSA) is 75.7 Å². The average Bonchev–Trinajstić information content (AvgIpc) is 2.74. The van der Waals surface area contributed by atoms with Crippen molar-refractivity contribution < 1.29 is 17.9 Å². The fourth-order valence-electron chi connectivity index (χ4n) is 3.70. The van der Waals surface area contributed by atoms with E-state index in [-0.39, 0.29) is 29.3 Å². The number of carbonyl (C=O) groups excluding carboxylic acids is 1. The Kier molecular flexibility index (Phi) is 7.06. The lowest BCUT2D eigenvalue weighted by molar-refractivity contribution is -0.126. The Labute approximate surface area is 183 Å². The fraction of sp³-hybridized carbons (Fsp3) is 0.409. The highest BCUT2D eigenvalue weighted by Crippen LogP contribution is 2.28. The summed E-state index contributed by atoms with van der Waals surface area (Å²) >= 11 is 5.92. The summed E-state index contributed by atoms with van der Waals surface area (Å²) in [6, 6.07) is 11.9. The maximum Gasteiger partial charge on any atom is 0.243 e. The minimum absolute atomic E-state index is 0.136. The molecule has 0 bridgehead atoms. The second-order valence-electron chi connectivity index (χ2n) is 7.62. The summed E-state index contributed by atoms with van der Waals surface area (Å²) in [7, 11) is -2.13. The Morgan fingerprint density at radius 1 is 1.23 bits per heavy atom. The molecule has 1 fully saturated rings. The summed E-state index contributed by atoms with van der Waals surface area (Å²) in [5.74, 6) is 0.118. The van der Waals surface area contributed by atoms with Crippen molar-refractivity contribution in [3.05, 3.63) is 58.6 Å². The van der Waals surface area contributed by atoms with E-state index < -0.39 is 10.0 Å². The first-order valence-electron chi connectivity index (χ1n) is 9.93. The summed E-state index contributed by atoms with van der Waals surface area (Å²) in [4.78, 5) is 13.0. The molecule has 0 unspecified atom stereocenters. The third-order valence-electron chi connectivity index (χ3n) is 5.49. The number of sulfonamides is 1. The molecule has 1 aliphatic rings. The van der Waals surface area contributed by atoms with E-state index in [1.54, 1.807) is 37.4 Å². The van der Waals surface area contributed by atoms with Gasteiger partial charge in [0, 0.05) is 18.1 Å². The Hall–Kier alpha value is -2.09. The van der Waals surface area contributed by atoms with Crippen LogP contribution in [0.1, 0.15) is 36.9 Å². The number of rotatable bonds is 6. The second kappa shape index (κ2) is 9.37. The van der Waals surface area contributed by atoms with Gasteiger partial charge in [0.1, 0.15) is 5.75 Å². The van der Waals surface area contributed by atoms with E-state index in [9.17, 15) is 13.2 Å². The summed E-state index contributed by atoms with van der Waals surface area (Å²) < 4.78 is 32.9. The van der Waals surface area contributed by atoms with E-state index in [1.807, 2.05) is 26.0 Å². The number of halogens is 1. The molecule has 2 aromatic rings. The van der Waals surface area contributed by atoms with E-state index >= 15 is 0 Å². The van der Waals surface area contributed by atoms with Crippen molar-refractivity contribution in [3.8, 4) is 5.75 Å². The third kappa shape index (κ3) is 4.96. The Balaban J connectivity index is 1.70. The lowest BCUT2D eigenvalue weighted by Gasteiger charge is -2.32. The molecule has 0 aliphatic carbocycles. The van der Waals surface area contributed by atoms with Gasteiger partial charge in [-0.3, -0.25) is 4.79 Å². The third-order valence-corrected chi connectivity index (χ3v) is 7.60. The number of carbonyl (C=O) groups is 1. The number of aryl methyl sites for hydroxylation is 1. The lowest BCUT2D eigenvalue weighted by Crippen LogP contribution is -2.45. The number of methoxy groups -OCH3 is 1. The number of benzene rings is 2. The summed E-state index contributed by atoms with van der Waals surface area (Å²) in [6.45, 7) is 4.29. The molecule has 0 saturated carbocycles. The number of ether oxygens (including phenoxy) is 1. The van der Waals surface area contributed by atoms with E-state index in [1.165, 1.54) is 4.31 Å². The zero-order chi connectivity index (χ0) is 21.9. The average molecular weight is 451 g/mol. The van der Waals surface area contributed by atoms with Crippen LogP contribution in [0.2, 0.25) is 5.02 Å². The molecule has 1 saturated heterocycles. The van der Waals surface area contributed by atoms with Crippen molar-refractivity contribution in [2.45, 2.75) is 37.6 Å². The molecule has 8 heteroatoms. The van der Waals surface area contributed by atoms with Gasteiger partial charge in [0.05, 0.1) is 24.0 Å². The number of hydrogen-bond acceptors (Lipinski definition) is 4. The Morgan fingerprint density at radius 2 is 1.93 bits per heavy atom. The molecule has 1 aliphatic heterocycles. The van der Waals surface area contributed by atoms with Crippen LogP contribution in [-0.2, 0) is 14.8 Å². The maximum atomic E-state index is 13.1. The summed E-state index contributed by atoms with van der Waals surface area (Å²) in [5.41, 5.74) is 1.70. The SMILES string of the molecule is COc1ccc(S(=O)(=O)N2CCC[C@@H](C(=O)N[C@@H](C)c3ccc(Cl)cc3)C2)cc1C. The lowest BCUT2D eigenvalue weighted by atomic mass is 9.98. The van der Waals surface area contributed by atoms with Gasteiger partial charge in [-0.2, -0.15) is 4.31 Å². The molecule has 6 nitrogen and oxygen atoms in total. The molecule has 1 heterocycles. The molecule has 2 aromatic carbocycles. The highest BCUT2D eigenvalue weighted by Gasteiger charge is 2.34. The zero-order valence-electron chi connectivity index (χ0n) is 17.4. The predicted molar refractivity (Wildman–Crippen MR) is 117 cm³/mol. The predicted octanol–water partition coefficient (Wildman–Crippen LogP) is 3.94. The van der Waals surface area contributed by atoms with Gasteiger partial charge in [0.2, 0.25) is 15.9 Å². The van der Waals surface area contributed by atoms with Crippen LogP contribution >= 0.6 is 11.6 Å². The Bertz CT molecular complexity index is 1010. The van der Waals surface area contributed by atoms with Crippen molar-refractivity contribution in [1.29, 1.82) is 0 Å². The molecule has 1 N–H and O–H groups in total. The van der Waals surface area contributed by atoms with E-state index in [0.717, 1.165) is 11.1 Å². The van der Waals surface area contributed by atoms with Crippen molar-refractivity contribution in [1.82, 2.24) is 9.62 Å². The van der Waals surface area contributed by atoms with Gasteiger partial charge in [-0.1, -0.05) is 23.7 Å². The standard InChI is InChI=1S/C22H27ClN2O4S/c1-15-13-20(10-11-21(15)29-3)30(27,28)25-12-4-5-18(14-25)22(26)24-16(2)17-6-8-19(23)9-7-17/h6-11,13,16,18H,4-5,12,14H2,1-3H3,(H,24,26)/t16-,18+/m0/s1. The van der Waals surface area contributed by atoms with Gasteiger partial charge in [-0.05, 0) is 68.1 Å². The monoisotopic (exact) mass is 450 g/mol. The fourth-order valence-corrected chi connectivity index (χ4v) is 5.44. The summed E-state index contributed by atoms with van der Waals surface area (Å²) in [5, 5.41) is 3.64. The molecule has 2 atom stereocenters. The minimum Gasteiger partial charge on any atom is -0.496 e. The highest BCUT2D eigenvalue weighted by atomic mass is 35.5. The van der Waals surface area contributed by atoms with Gasteiger partial charge in [0.15, 0.2) is 0 Å². The van der Waals surface area contributed by atoms with Crippen molar-refractivity contribution >= 4 is 27.5 Å². The van der Waals surface area contributed by atoms with Crippen LogP contribution in [0.4, 0.5) is 0 Å². The molecule has 0 spiro atoms. The van der Waals surface area contributed by atoms with Gasteiger partial charge in [-0.15, -0.1) is 0 Å². The normalized spacial score (nSPS) is 18.6. The number of nitrogens with zero attached hydrogens (tertiary/aromatic N) is 1. The molecule has 1 amide bonds. The number of piperidine rings is 1. The molecule has 30 heavy (non-hydrogen) atoms. The number of nitrogens with one attached hydrogen (secondary N) is 1. The van der Waals surface area contributed by atoms with Crippen LogP contribution in [0, 0.1) is 12.8 Å². The van der Waals surface area contributed by atoms with Gasteiger partial charge in [0.25, 0.3) is 0 Å². The molecule has 162 valence electrons.